The highest BCUT2D eigenvalue weighted by Gasteiger charge is 2.24. The number of hydrogen-bond donors (Lipinski definition) is 1. The number of amides is 1. The van der Waals surface area contributed by atoms with Crippen LogP contribution in [0.15, 0.2) is 24.3 Å². The minimum Gasteiger partial charge on any atom is -0.393 e. The Bertz CT molecular complexity index is 467. The van der Waals surface area contributed by atoms with Crippen molar-refractivity contribution in [2.24, 2.45) is 11.7 Å². The van der Waals surface area contributed by atoms with Gasteiger partial charge in [0.25, 0.3) is 0 Å². The maximum absolute atomic E-state index is 12.2. The molecule has 0 aromatic heterocycles. The van der Waals surface area contributed by atoms with Crippen molar-refractivity contribution in [3.8, 4) is 0 Å². The van der Waals surface area contributed by atoms with Gasteiger partial charge in [-0.25, -0.2) is 0 Å². The maximum atomic E-state index is 12.2. The molecular weight excluding hydrogens is 280 g/mol. The van der Waals surface area contributed by atoms with Crippen molar-refractivity contribution in [1.29, 1.82) is 0 Å². The van der Waals surface area contributed by atoms with Gasteiger partial charge in [0.15, 0.2) is 0 Å². The number of rotatable bonds is 3. The van der Waals surface area contributed by atoms with Crippen LogP contribution in [0.3, 0.4) is 0 Å². The molecule has 1 aliphatic rings. The third kappa shape index (κ3) is 3.91. The molecule has 1 heterocycles. The summed E-state index contributed by atoms with van der Waals surface area (Å²) < 4.78 is 0. The summed E-state index contributed by atoms with van der Waals surface area (Å²) in [5, 5.41) is 0.688. The molecular formula is C14H17ClN2OS. The molecule has 2 rings (SSSR count). The van der Waals surface area contributed by atoms with Gasteiger partial charge in [0, 0.05) is 24.0 Å². The van der Waals surface area contributed by atoms with Gasteiger partial charge in [-0.2, -0.15) is 0 Å². The molecule has 1 saturated heterocycles. The fraction of sp³-hybridized carbons (Fsp3) is 0.429. The standard InChI is InChI=1S/C14H17ClN2OS/c15-12-3-1-10(2-4-12)9-13(18)17-7-5-11(6-8-17)14(16)19/h1-4,11H,5-9H2,(H2,16,19). The van der Waals surface area contributed by atoms with Crippen molar-refractivity contribution in [2.45, 2.75) is 19.3 Å². The number of thiocarbonyl (C=S) groups is 1. The molecule has 0 aliphatic carbocycles. The summed E-state index contributed by atoms with van der Waals surface area (Å²) in [5.74, 6) is 0.443. The summed E-state index contributed by atoms with van der Waals surface area (Å²) in [4.78, 5) is 14.6. The second kappa shape index (κ2) is 6.35. The molecule has 102 valence electrons. The first-order valence-electron chi connectivity index (χ1n) is 6.38. The SMILES string of the molecule is NC(=S)C1CCN(C(=O)Cc2ccc(Cl)cc2)CC1. The van der Waals surface area contributed by atoms with E-state index in [1.165, 1.54) is 0 Å². The lowest BCUT2D eigenvalue weighted by Crippen LogP contribution is -2.41. The van der Waals surface area contributed by atoms with E-state index in [0.29, 0.717) is 16.4 Å². The Morgan fingerprint density at radius 2 is 1.89 bits per heavy atom. The number of likely N-dealkylation sites (tertiary alicyclic amines) is 1. The zero-order valence-corrected chi connectivity index (χ0v) is 12.2. The van der Waals surface area contributed by atoms with Gasteiger partial charge in [0.2, 0.25) is 5.91 Å². The van der Waals surface area contributed by atoms with E-state index < -0.39 is 0 Å². The Labute approximate surface area is 123 Å². The third-order valence-electron chi connectivity index (χ3n) is 3.52. The van der Waals surface area contributed by atoms with Gasteiger partial charge in [-0.3, -0.25) is 4.79 Å². The molecule has 0 spiro atoms. The summed E-state index contributed by atoms with van der Waals surface area (Å²) in [6.45, 7) is 1.49. The highest BCUT2D eigenvalue weighted by molar-refractivity contribution is 7.80. The molecule has 19 heavy (non-hydrogen) atoms. The van der Waals surface area contributed by atoms with E-state index in [9.17, 15) is 4.79 Å². The molecule has 1 fully saturated rings. The Kier molecular flexibility index (Phi) is 4.77. The van der Waals surface area contributed by atoms with E-state index in [1.807, 2.05) is 29.2 Å². The van der Waals surface area contributed by atoms with Gasteiger partial charge in [-0.1, -0.05) is 36.0 Å². The summed E-state index contributed by atoms with van der Waals surface area (Å²) in [7, 11) is 0. The lowest BCUT2D eigenvalue weighted by Gasteiger charge is -2.31. The zero-order chi connectivity index (χ0) is 13.8. The van der Waals surface area contributed by atoms with Crippen LogP contribution in [0.5, 0.6) is 0 Å². The van der Waals surface area contributed by atoms with Gasteiger partial charge < -0.3 is 10.6 Å². The van der Waals surface area contributed by atoms with Crippen LogP contribution in [0, 0.1) is 5.92 Å². The summed E-state index contributed by atoms with van der Waals surface area (Å²) in [5.41, 5.74) is 6.63. The number of benzene rings is 1. The van der Waals surface area contributed by atoms with Crippen LogP contribution in [0.4, 0.5) is 0 Å². The molecule has 1 aliphatic heterocycles. The molecule has 1 amide bonds. The van der Waals surface area contributed by atoms with Crippen molar-refractivity contribution in [3.05, 3.63) is 34.9 Å². The number of nitrogens with two attached hydrogens (primary N) is 1. The second-order valence-corrected chi connectivity index (χ2v) is 5.77. The average molecular weight is 297 g/mol. The summed E-state index contributed by atoms with van der Waals surface area (Å²) in [6, 6.07) is 7.40. The number of nitrogens with zero attached hydrogens (tertiary/aromatic N) is 1. The first-order chi connectivity index (χ1) is 9.06. The fourth-order valence-electron chi connectivity index (χ4n) is 2.30. The van der Waals surface area contributed by atoms with Crippen LogP contribution >= 0.6 is 23.8 Å². The number of carbonyl (C=O) groups excluding carboxylic acids is 1. The average Bonchev–Trinajstić information content (AvgIpc) is 2.41. The zero-order valence-electron chi connectivity index (χ0n) is 10.6. The quantitative estimate of drug-likeness (QED) is 0.871. The predicted octanol–water partition coefficient (Wildman–Crippen LogP) is 2.41. The normalized spacial score (nSPS) is 16.4. The minimum atomic E-state index is 0.156. The van der Waals surface area contributed by atoms with Crippen LogP contribution < -0.4 is 5.73 Å². The number of hydrogen-bond acceptors (Lipinski definition) is 2. The Balaban J connectivity index is 1.88. The van der Waals surface area contributed by atoms with Crippen LogP contribution in [0.25, 0.3) is 0 Å². The molecule has 5 heteroatoms. The largest absolute Gasteiger partial charge is 0.393 e. The molecule has 0 atom stereocenters. The molecule has 2 N–H and O–H groups in total. The second-order valence-electron chi connectivity index (χ2n) is 4.86. The van der Waals surface area contributed by atoms with Gasteiger partial charge in [0.05, 0.1) is 11.4 Å². The lowest BCUT2D eigenvalue weighted by atomic mass is 9.96. The van der Waals surface area contributed by atoms with E-state index in [-0.39, 0.29) is 11.8 Å². The minimum absolute atomic E-state index is 0.156. The highest BCUT2D eigenvalue weighted by Crippen LogP contribution is 2.18. The Morgan fingerprint density at radius 3 is 2.42 bits per heavy atom. The first-order valence-corrected chi connectivity index (χ1v) is 7.16. The maximum Gasteiger partial charge on any atom is 0.226 e. The van der Waals surface area contributed by atoms with Crippen LogP contribution in [0.1, 0.15) is 18.4 Å². The van der Waals surface area contributed by atoms with Crippen LogP contribution in [0.2, 0.25) is 5.02 Å². The number of halogens is 1. The van der Waals surface area contributed by atoms with E-state index in [2.05, 4.69) is 0 Å². The number of carbonyl (C=O) groups is 1. The van der Waals surface area contributed by atoms with Crippen molar-refractivity contribution in [3.63, 3.8) is 0 Å². The molecule has 0 bridgehead atoms. The molecule has 1 aromatic rings. The van der Waals surface area contributed by atoms with Gasteiger partial charge >= 0.3 is 0 Å². The van der Waals surface area contributed by atoms with Crippen molar-refractivity contribution in [2.75, 3.05) is 13.1 Å². The Hall–Kier alpha value is -1.13. The van der Waals surface area contributed by atoms with E-state index in [1.54, 1.807) is 0 Å². The fourth-order valence-corrected chi connectivity index (χ4v) is 2.66. The van der Waals surface area contributed by atoms with E-state index in [0.717, 1.165) is 31.5 Å². The topological polar surface area (TPSA) is 46.3 Å². The summed E-state index contributed by atoms with van der Waals surface area (Å²) in [6.07, 6.45) is 2.18. The molecule has 1 aromatic carbocycles. The lowest BCUT2D eigenvalue weighted by molar-refractivity contribution is -0.131. The van der Waals surface area contributed by atoms with Crippen molar-refractivity contribution in [1.82, 2.24) is 4.90 Å². The van der Waals surface area contributed by atoms with Crippen molar-refractivity contribution >= 4 is 34.7 Å². The Morgan fingerprint density at radius 1 is 1.32 bits per heavy atom. The summed E-state index contributed by atoms with van der Waals surface area (Å²) >= 11 is 10.8. The molecule has 0 radical (unpaired) electrons. The van der Waals surface area contributed by atoms with Crippen LogP contribution in [-0.2, 0) is 11.2 Å². The van der Waals surface area contributed by atoms with Crippen LogP contribution in [-0.4, -0.2) is 28.9 Å². The highest BCUT2D eigenvalue weighted by atomic mass is 35.5. The third-order valence-corrected chi connectivity index (χ3v) is 4.10. The molecule has 0 saturated carbocycles. The van der Waals surface area contributed by atoms with E-state index >= 15 is 0 Å². The monoisotopic (exact) mass is 296 g/mol. The molecule has 3 nitrogen and oxygen atoms in total. The first kappa shape index (κ1) is 14.3. The smallest absolute Gasteiger partial charge is 0.226 e. The van der Waals surface area contributed by atoms with E-state index in [4.69, 9.17) is 29.6 Å². The molecule has 0 unspecified atom stereocenters. The van der Waals surface area contributed by atoms with Gasteiger partial charge in [-0.05, 0) is 30.5 Å². The van der Waals surface area contributed by atoms with Crippen molar-refractivity contribution < 1.29 is 4.79 Å². The van der Waals surface area contributed by atoms with Gasteiger partial charge in [0.1, 0.15) is 0 Å². The van der Waals surface area contributed by atoms with Gasteiger partial charge in [-0.15, -0.1) is 0 Å². The predicted molar refractivity (Wildman–Crippen MR) is 81.2 cm³/mol. The number of piperidine rings is 1.